The van der Waals surface area contributed by atoms with Gasteiger partial charge in [-0.1, -0.05) is 13.8 Å². The molecule has 0 aliphatic carbocycles. The van der Waals surface area contributed by atoms with E-state index in [0.717, 1.165) is 0 Å². The minimum Gasteiger partial charge on any atom is -0.450 e. The van der Waals surface area contributed by atoms with Crippen molar-refractivity contribution < 1.29 is 22.7 Å². The maximum absolute atomic E-state index is 12.6. The lowest BCUT2D eigenvalue weighted by atomic mass is 10.2. The molecule has 0 spiro atoms. The largest absolute Gasteiger partial charge is 0.450 e. The smallest absolute Gasteiger partial charge is 0.247 e. The van der Waals surface area contributed by atoms with Gasteiger partial charge in [0.1, 0.15) is 17.3 Å². The molecule has 1 aromatic rings. The summed E-state index contributed by atoms with van der Waals surface area (Å²) in [4.78, 5) is 0.0262. The molecule has 8 heteroatoms. The van der Waals surface area contributed by atoms with Crippen molar-refractivity contribution in [2.75, 3.05) is 26.8 Å². The predicted molar refractivity (Wildman–Crippen MR) is 77.8 cm³/mol. The summed E-state index contributed by atoms with van der Waals surface area (Å²) in [5.41, 5.74) is 0. The summed E-state index contributed by atoms with van der Waals surface area (Å²) >= 11 is 3.08. The number of hydrogen-bond donors (Lipinski definition) is 1. The first-order valence-electron chi connectivity index (χ1n) is 6.21. The molecule has 6 nitrogen and oxygen atoms in total. The number of nitrogens with zero attached hydrogens (tertiary/aromatic N) is 1. The Hall–Kier alpha value is -0.410. The SMILES string of the molecule is COCCN(CC(C)C)S(=O)(=O)c1cc(CO)oc1Br. The van der Waals surface area contributed by atoms with Crippen LogP contribution in [0.4, 0.5) is 0 Å². The molecule has 0 radical (unpaired) electrons. The first kappa shape index (κ1) is 17.6. The van der Waals surface area contributed by atoms with E-state index in [9.17, 15) is 8.42 Å². The van der Waals surface area contributed by atoms with E-state index in [1.807, 2.05) is 13.8 Å². The van der Waals surface area contributed by atoms with Gasteiger partial charge < -0.3 is 14.3 Å². The molecule has 1 rings (SSSR count). The number of aliphatic hydroxyl groups excluding tert-OH is 1. The molecule has 1 N–H and O–H groups in total. The average molecular weight is 370 g/mol. The Kier molecular flexibility index (Phi) is 6.67. The highest BCUT2D eigenvalue weighted by Crippen LogP contribution is 2.29. The van der Waals surface area contributed by atoms with Crippen LogP contribution in [-0.4, -0.2) is 44.6 Å². The van der Waals surface area contributed by atoms with Crippen LogP contribution in [-0.2, 0) is 21.4 Å². The monoisotopic (exact) mass is 369 g/mol. The van der Waals surface area contributed by atoms with E-state index in [-0.39, 0.29) is 34.4 Å². The Balaban J connectivity index is 3.10. The predicted octanol–water partition coefficient (Wildman–Crippen LogP) is 1.83. The second kappa shape index (κ2) is 7.56. The zero-order valence-electron chi connectivity index (χ0n) is 11.8. The lowest BCUT2D eigenvalue weighted by molar-refractivity contribution is 0.175. The van der Waals surface area contributed by atoms with E-state index in [2.05, 4.69) is 15.9 Å². The third-order valence-electron chi connectivity index (χ3n) is 2.59. The summed E-state index contributed by atoms with van der Waals surface area (Å²) in [6, 6.07) is 1.33. The van der Waals surface area contributed by atoms with Crippen molar-refractivity contribution in [1.29, 1.82) is 0 Å². The Morgan fingerprint density at radius 2 is 2.15 bits per heavy atom. The van der Waals surface area contributed by atoms with Crippen molar-refractivity contribution in [1.82, 2.24) is 4.31 Å². The van der Waals surface area contributed by atoms with E-state index >= 15 is 0 Å². The summed E-state index contributed by atoms with van der Waals surface area (Å²) in [6.07, 6.45) is 0. The molecule has 0 bridgehead atoms. The molecule has 0 saturated heterocycles. The standard InChI is InChI=1S/C12H20BrNO5S/c1-9(2)7-14(4-5-18-3)20(16,17)11-6-10(8-15)19-12(11)13/h6,9,15H,4-5,7-8H2,1-3H3. The normalized spacial score (nSPS) is 12.6. The van der Waals surface area contributed by atoms with Gasteiger partial charge in [-0.25, -0.2) is 8.42 Å². The number of rotatable bonds is 8. The molecule has 1 aromatic heterocycles. The van der Waals surface area contributed by atoms with Crippen LogP contribution in [0.3, 0.4) is 0 Å². The number of hydrogen-bond acceptors (Lipinski definition) is 5. The number of furan rings is 1. The van der Waals surface area contributed by atoms with Gasteiger partial charge in [0.15, 0.2) is 4.67 Å². The van der Waals surface area contributed by atoms with Crippen LogP contribution >= 0.6 is 15.9 Å². The maximum atomic E-state index is 12.6. The third-order valence-corrected chi connectivity index (χ3v) is 5.32. The van der Waals surface area contributed by atoms with Gasteiger partial charge in [-0.3, -0.25) is 0 Å². The highest BCUT2D eigenvalue weighted by atomic mass is 79.9. The molecule has 0 atom stereocenters. The lowest BCUT2D eigenvalue weighted by Crippen LogP contribution is -2.36. The third kappa shape index (κ3) is 4.29. The molecule has 0 aliphatic heterocycles. The van der Waals surface area contributed by atoms with Gasteiger partial charge in [0, 0.05) is 26.3 Å². The van der Waals surface area contributed by atoms with Crippen LogP contribution in [0.25, 0.3) is 0 Å². The second-order valence-electron chi connectivity index (χ2n) is 4.76. The molecular formula is C12H20BrNO5S. The fourth-order valence-electron chi connectivity index (χ4n) is 1.70. The quantitative estimate of drug-likeness (QED) is 0.755. The molecule has 0 unspecified atom stereocenters. The number of halogens is 1. The van der Waals surface area contributed by atoms with E-state index in [0.29, 0.717) is 13.2 Å². The van der Waals surface area contributed by atoms with E-state index in [1.54, 1.807) is 0 Å². The van der Waals surface area contributed by atoms with Gasteiger partial charge in [-0.15, -0.1) is 0 Å². The van der Waals surface area contributed by atoms with E-state index < -0.39 is 10.0 Å². The average Bonchev–Trinajstić information content (AvgIpc) is 2.76. The summed E-state index contributed by atoms with van der Waals surface area (Å²) < 4.78 is 36.8. The van der Waals surface area contributed by atoms with Crippen LogP contribution in [0.1, 0.15) is 19.6 Å². The van der Waals surface area contributed by atoms with Crippen molar-refractivity contribution >= 4 is 26.0 Å². The van der Waals surface area contributed by atoms with Gasteiger partial charge in [0.2, 0.25) is 10.0 Å². The summed E-state index contributed by atoms with van der Waals surface area (Å²) in [5, 5.41) is 9.02. The van der Waals surface area contributed by atoms with Crippen LogP contribution < -0.4 is 0 Å². The summed E-state index contributed by atoms with van der Waals surface area (Å²) in [5.74, 6) is 0.385. The van der Waals surface area contributed by atoms with Crippen molar-refractivity contribution in [3.05, 3.63) is 16.5 Å². The Morgan fingerprint density at radius 3 is 2.60 bits per heavy atom. The van der Waals surface area contributed by atoms with Gasteiger partial charge >= 0.3 is 0 Å². The fraction of sp³-hybridized carbons (Fsp3) is 0.667. The molecule has 0 saturated carbocycles. The molecule has 20 heavy (non-hydrogen) atoms. The highest BCUT2D eigenvalue weighted by Gasteiger charge is 2.29. The topological polar surface area (TPSA) is 80.0 Å². The van der Waals surface area contributed by atoms with Crippen LogP contribution in [0.15, 0.2) is 20.0 Å². The van der Waals surface area contributed by atoms with Gasteiger partial charge in [-0.2, -0.15) is 4.31 Å². The molecule has 0 amide bonds. The van der Waals surface area contributed by atoms with Gasteiger partial charge in [0.25, 0.3) is 0 Å². The molecule has 0 aromatic carbocycles. The lowest BCUT2D eigenvalue weighted by Gasteiger charge is -2.23. The Labute approximate surface area is 127 Å². The number of aliphatic hydroxyl groups is 1. The highest BCUT2D eigenvalue weighted by molar-refractivity contribution is 9.10. The van der Waals surface area contributed by atoms with Crippen molar-refractivity contribution in [2.45, 2.75) is 25.3 Å². The van der Waals surface area contributed by atoms with Gasteiger partial charge in [0.05, 0.1) is 6.61 Å². The van der Waals surface area contributed by atoms with E-state index in [4.69, 9.17) is 14.3 Å². The fourth-order valence-corrected chi connectivity index (χ4v) is 4.25. The van der Waals surface area contributed by atoms with Crippen LogP contribution in [0, 0.1) is 5.92 Å². The molecule has 1 heterocycles. The summed E-state index contributed by atoms with van der Waals surface area (Å²) in [6.45, 7) is 4.50. The number of ether oxygens (including phenoxy) is 1. The Morgan fingerprint density at radius 1 is 1.50 bits per heavy atom. The van der Waals surface area contributed by atoms with Gasteiger partial charge in [-0.05, 0) is 21.8 Å². The van der Waals surface area contributed by atoms with Crippen molar-refractivity contribution in [2.24, 2.45) is 5.92 Å². The first-order chi connectivity index (χ1) is 9.32. The zero-order valence-corrected chi connectivity index (χ0v) is 14.2. The zero-order chi connectivity index (χ0) is 15.3. The second-order valence-corrected chi connectivity index (χ2v) is 7.39. The Bertz CT molecular complexity index is 526. The number of sulfonamides is 1. The minimum absolute atomic E-state index is 0.0262. The van der Waals surface area contributed by atoms with Crippen LogP contribution in [0.2, 0.25) is 0 Å². The molecular weight excluding hydrogens is 350 g/mol. The van der Waals surface area contributed by atoms with Crippen molar-refractivity contribution in [3.8, 4) is 0 Å². The van der Waals surface area contributed by atoms with E-state index in [1.165, 1.54) is 17.5 Å². The minimum atomic E-state index is -3.69. The molecule has 0 aliphatic rings. The maximum Gasteiger partial charge on any atom is 0.247 e. The van der Waals surface area contributed by atoms with Crippen molar-refractivity contribution in [3.63, 3.8) is 0 Å². The number of methoxy groups -OCH3 is 1. The molecule has 0 fully saturated rings. The first-order valence-corrected chi connectivity index (χ1v) is 8.44. The van der Waals surface area contributed by atoms with Crippen LogP contribution in [0.5, 0.6) is 0 Å². The molecule has 116 valence electrons. The summed E-state index contributed by atoms with van der Waals surface area (Å²) in [7, 11) is -2.16.